The molecule has 1 aliphatic heterocycles. The van der Waals surface area contributed by atoms with E-state index in [-0.39, 0.29) is 18.4 Å². The van der Waals surface area contributed by atoms with Gasteiger partial charge in [0.15, 0.2) is 0 Å². The number of methoxy groups -OCH3 is 1. The van der Waals surface area contributed by atoms with Crippen molar-refractivity contribution in [1.29, 1.82) is 0 Å². The van der Waals surface area contributed by atoms with Crippen LogP contribution in [-0.4, -0.2) is 58.8 Å². The lowest BCUT2D eigenvalue weighted by atomic mass is 9.99. The number of fused-ring (bicyclic) bond motifs is 2. The van der Waals surface area contributed by atoms with Gasteiger partial charge in [0.25, 0.3) is 5.91 Å². The molecular weight excluding hydrogens is 677 g/mol. The zero-order chi connectivity index (χ0) is 34.9. The molecular formula is C32H32ClF3N4O7S. The van der Waals surface area contributed by atoms with Crippen molar-refractivity contribution in [1.82, 2.24) is 4.72 Å². The molecule has 3 aromatic carbocycles. The van der Waals surface area contributed by atoms with E-state index in [1.54, 1.807) is 55.5 Å². The van der Waals surface area contributed by atoms with Crippen molar-refractivity contribution in [2.24, 2.45) is 5.16 Å². The van der Waals surface area contributed by atoms with Crippen molar-refractivity contribution in [2.75, 3.05) is 36.7 Å². The number of benzene rings is 3. The summed E-state index contributed by atoms with van der Waals surface area (Å²) in [6.07, 6.45) is -2.68. The van der Waals surface area contributed by atoms with Crippen LogP contribution in [-0.2, 0) is 29.9 Å². The zero-order valence-corrected chi connectivity index (χ0v) is 27.6. The molecule has 1 atom stereocenters. The standard InChI is InChI=1S/C32H32ClF3N4O7S/c1-19(38-46-13-10-28(41)39-48(3,43)44)21-14-23(16-25(15-21)45-2)37-29(20-4-6-22(33)7-5-20)30(42)40-18-31(11-12-31)26-9-8-24(17-27(26)40)47-32(34,35)36/h4-9,14-17,29,37H,10-13,18H2,1-3H3,(H,39,41)/b38-19+. The number of anilines is 2. The lowest BCUT2D eigenvalue weighted by molar-refractivity contribution is -0.274. The molecule has 256 valence electrons. The van der Waals surface area contributed by atoms with E-state index in [2.05, 4.69) is 15.2 Å². The van der Waals surface area contributed by atoms with Gasteiger partial charge in [-0.25, -0.2) is 8.42 Å². The number of amides is 2. The molecule has 1 heterocycles. The van der Waals surface area contributed by atoms with Crippen LogP contribution < -0.4 is 24.4 Å². The van der Waals surface area contributed by atoms with Crippen molar-refractivity contribution in [3.8, 4) is 11.5 Å². The number of hydrogen-bond acceptors (Lipinski definition) is 9. The number of carbonyl (C=O) groups is 2. The number of carbonyl (C=O) groups excluding carboxylic acids is 2. The second-order valence-corrected chi connectivity index (χ2v) is 13.8. The quantitative estimate of drug-likeness (QED) is 0.139. The Labute approximate surface area is 280 Å². The van der Waals surface area contributed by atoms with E-state index in [4.69, 9.17) is 21.2 Å². The normalized spacial score (nSPS) is 15.8. The van der Waals surface area contributed by atoms with Crippen molar-refractivity contribution in [3.05, 3.63) is 82.4 Å². The van der Waals surface area contributed by atoms with E-state index in [1.807, 2.05) is 4.72 Å². The Morgan fingerprint density at radius 2 is 1.77 bits per heavy atom. The van der Waals surface area contributed by atoms with Crippen LogP contribution in [0.15, 0.2) is 65.8 Å². The Kier molecular flexibility index (Phi) is 9.83. The van der Waals surface area contributed by atoms with Crippen molar-refractivity contribution in [3.63, 3.8) is 0 Å². The largest absolute Gasteiger partial charge is 0.573 e. The molecule has 16 heteroatoms. The molecule has 1 spiro atoms. The number of oxime groups is 1. The first-order chi connectivity index (χ1) is 22.6. The number of hydrogen-bond donors (Lipinski definition) is 2. The SMILES string of the molecule is COc1cc(NC(C(=O)N2CC3(CC3)c3ccc(OC(F)(F)F)cc32)c2ccc(Cl)cc2)cc(/C(C)=N/OCCC(=O)NS(C)(=O)=O)c1. The van der Waals surface area contributed by atoms with Gasteiger partial charge in [-0.2, -0.15) is 0 Å². The molecule has 0 aromatic heterocycles. The first kappa shape index (κ1) is 34.8. The molecule has 2 N–H and O–H groups in total. The first-order valence-corrected chi connectivity index (χ1v) is 16.9. The van der Waals surface area contributed by atoms with Crippen LogP contribution in [0.4, 0.5) is 24.5 Å². The summed E-state index contributed by atoms with van der Waals surface area (Å²) in [7, 11) is -2.23. The van der Waals surface area contributed by atoms with Crippen LogP contribution in [0.2, 0.25) is 5.02 Å². The maximum atomic E-state index is 14.4. The highest BCUT2D eigenvalue weighted by molar-refractivity contribution is 7.89. The van der Waals surface area contributed by atoms with Crippen LogP contribution in [0.3, 0.4) is 0 Å². The highest BCUT2D eigenvalue weighted by Crippen LogP contribution is 2.57. The highest BCUT2D eigenvalue weighted by Gasteiger charge is 2.54. The molecule has 11 nitrogen and oxygen atoms in total. The number of sulfonamides is 1. The third kappa shape index (κ3) is 8.50. The highest BCUT2D eigenvalue weighted by atomic mass is 35.5. The van der Waals surface area contributed by atoms with Gasteiger partial charge >= 0.3 is 6.36 Å². The van der Waals surface area contributed by atoms with Gasteiger partial charge in [-0.1, -0.05) is 35.0 Å². The van der Waals surface area contributed by atoms with Gasteiger partial charge in [-0.3, -0.25) is 14.3 Å². The average molecular weight is 709 g/mol. The molecule has 1 unspecified atom stereocenters. The molecule has 48 heavy (non-hydrogen) atoms. The number of nitrogens with zero attached hydrogens (tertiary/aromatic N) is 2. The molecule has 0 saturated heterocycles. The predicted molar refractivity (Wildman–Crippen MR) is 173 cm³/mol. The molecule has 1 aliphatic carbocycles. The van der Waals surface area contributed by atoms with Gasteiger partial charge in [0.05, 0.1) is 31.2 Å². The minimum atomic E-state index is -4.89. The molecule has 1 saturated carbocycles. The number of alkyl halides is 3. The van der Waals surface area contributed by atoms with E-state index in [9.17, 15) is 31.2 Å². The molecule has 2 aliphatic rings. The van der Waals surface area contributed by atoms with Gasteiger partial charge in [-0.15, -0.1) is 13.2 Å². The molecule has 2 amide bonds. The monoisotopic (exact) mass is 708 g/mol. The topological polar surface area (TPSA) is 136 Å². The van der Waals surface area contributed by atoms with Gasteiger partial charge in [0.2, 0.25) is 15.9 Å². The lowest BCUT2D eigenvalue weighted by Gasteiger charge is -2.27. The average Bonchev–Trinajstić information content (AvgIpc) is 3.72. The van der Waals surface area contributed by atoms with Gasteiger partial charge in [-0.05, 0) is 61.2 Å². The third-order valence-electron chi connectivity index (χ3n) is 7.89. The number of ether oxygens (including phenoxy) is 2. The second-order valence-electron chi connectivity index (χ2n) is 11.6. The fourth-order valence-corrected chi connectivity index (χ4v) is 6.14. The first-order valence-electron chi connectivity index (χ1n) is 14.7. The van der Waals surface area contributed by atoms with Crippen LogP contribution in [0.25, 0.3) is 0 Å². The summed E-state index contributed by atoms with van der Waals surface area (Å²) >= 11 is 6.15. The summed E-state index contributed by atoms with van der Waals surface area (Å²) in [6, 6.07) is 14.8. The summed E-state index contributed by atoms with van der Waals surface area (Å²) in [5.41, 5.74) is 2.76. The summed E-state index contributed by atoms with van der Waals surface area (Å²) in [4.78, 5) is 32.9. The predicted octanol–water partition coefficient (Wildman–Crippen LogP) is 5.69. The van der Waals surface area contributed by atoms with E-state index in [0.717, 1.165) is 24.7 Å². The summed E-state index contributed by atoms with van der Waals surface area (Å²) in [6.45, 7) is 1.76. The summed E-state index contributed by atoms with van der Waals surface area (Å²) < 4.78 is 73.2. The van der Waals surface area contributed by atoms with E-state index in [1.165, 1.54) is 24.1 Å². The minimum absolute atomic E-state index is 0.185. The van der Waals surface area contributed by atoms with Crippen LogP contribution in [0, 0.1) is 0 Å². The Bertz CT molecular complexity index is 1850. The van der Waals surface area contributed by atoms with Crippen LogP contribution in [0.1, 0.15) is 48.9 Å². The Morgan fingerprint density at radius 3 is 2.40 bits per heavy atom. The van der Waals surface area contributed by atoms with Gasteiger partial charge in [0.1, 0.15) is 24.1 Å². The van der Waals surface area contributed by atoms with Crippen molar-refractivity contribution >= 4 is 50.5 Å². The third-order valence-corrected chi connectivity index (χ3v) is 8.74. The fraction of sp³-hybridized carbons (Fsp3) is 0.344. The number of halogens is 4. The Hall–Kier alpha value is -4.50. The van der Waals surface area contributed by atoms with Crippen LogP contribution >= 0.6 is 11.6 Å². The minimum Gasteiger partial charge on any atom is -0.497 e. The molecule has 3 aromatic rings. The van der Waals surface area contributed by atoms with Gasteiger partial charge in [0, 0.05) is 40.4 Å². The second kappa shape index (κ2) is 13.5. The van der Waals surface area contributed by atoms with Gasteiger partial charge < -0.3 is 24.5 Å². The summed E-state index contributed by atoms with van der Waals surface area (Å²) in [5, 5.41) is 7.74. The zero-order valence-electron chi connectivity index (χ0n) is 26.1. The summed E-state index contributed by atoms with van der Waals surface area (Å²) in [5.74, 6) is -1.15. The fourth-order valence-electron chi connectivity index (χ4n) is 5.49. The maximum absolute atomic E-state index is 14.4. The lowest BCUT2D eigenvalue weighted by Crippen LogP contribution is -2.38. The molecule has 5 rings (SSSR count). The molecule has 1 fully saturated rings. The number of rotatable bonds is 12. The number of nitrogens with one attached hydrogen (secondary N) is 2. The van der Waals surface area contributed by atoms with Crippen molar-refractivity contribution < 1.29 is 45.5 Å². The Balaban J connectivity index is 1.42. The Morgan fingerprint density at radius 1 is 1.06 bits per heavy atom. The smallest absolute Gasteiger partial charge is 0.497 e. The molecule has 0 radical (unpaired) electrons. The van der Waals surface area contributed by atoms with E-state index >= 15 is 0 Å². The van der Waals surface area contributed by atoms with E-state index in [0.29, 0.717) is 45.5 Å². The van der Waals surface area contributed by atoms with E-state index < -0.39 is 40.0 Å². The maximum Gasteiger partial charge on any atom is 0.573 e. The molecule has 0 bridgehead atoms. The van der Waals surface area contributed by atoms with Crippen LogP contribution in [0.5, 0.6) is 11.5 Å². The van der Waals surface area contributed by atoms with Crippen molar-refractivity contribution in [2.45, 2.75) is 44.0 Å².